The van der Waals surface area contributed by atoms with Gasteiger partial charge in [-0.15, -0.1) is 0 Å². The minimum absolute atomic E-state index is 0.161. The number of aliphatic carboxylic acids is 1. The number of likely N-dealkylation sites (tertiary alicyclic amines) is 1. The second-order valence-corrected chi connectivity index (χ2v) is 6.13. The van der Waals surface area contributed by atoms with Crippen LogP contribution in [0.25, 0.3) is 0 Å². The Balaban J connectivity index is 1.66. The smallest absolute Gasteiger partial charge is 0.308 e. The SMILES string of the molecule is O=C(O)C1CCC(=O)N(C2CCN3CCCC3C2)C1. The second-order valence-electron chi connectivity index (χ2n) is 6.13. The fraction of sp³-hybridized carbons (Fsp3) is 0.857. The topological polar surface area (TPSA) is 60.9 Å². The molecular formula is C14H22N2O3. The lowest BCUT2D eigenvalue weighted by molar-refractivity contribution is -0.149. The van der Waals surface area contributed by atoms with Gasteiger partial charge in [0.15, 0.2) is 0 Å². The molecule has 0 saturated carbocycles. The number of nitrogens with zero attached hydrogens (tertiary/aromatic N) is 2. The third kappa shape index (κ3) is 2.48. The van der Waals surface area contributed by atoms with Gasteiger partial charge in [0.05, 0.1) is 5.92 Å². The lowest BCUT2D eigenvalue weighted by Crippen LogP contribution is -2.53. The molecule has 106 valence electrons. The van der Waals surface area contributed by atoms with Crippen LogP contribution in [0.2, 0.25) is 0 Å². The molecule has 3 saturated heterocycles. The van der Waals surface area contributed by atoms with Crippen LogP contribution in [0.3, 0.4) is 0 Å². The summed E-state index contributed by atoms with van der Waals surface area (Å²) >= 11 is 0. The van der Waals surface area contributed by atoms with E-state index in [1.807, 2.05) is 4.90 Å². The maximum Gasteiger partial charge on any atom is 0.308 e. The Hall–Kier alpha value is -1.10. The Labute approximate surface area is 113 Å². The van der Waals surface area contributed by atoms with Crippen molar-refractivity contribution in [3.8, 4) is 0 Å². The highest BCUT2D eigenvalue weighted by molar-refractivity contribution is 5.80. The molecule has 1 N–H and O–H groups in total. The monoisotopic (exact) mass is 266 g/mol. The molecule has 0 aliphatic carbocycles. The van der Waals surface area contributed by atoms with Crippen LogP contribution in [0.1, 0.15) is 38.5 Å². The molecule has 3 unspecified atom stereocenters. The molecule has 19 heavy (non-hydrogen) atoms. The molecule has 0 bridgehead atoms. The van der Waals surface area contributed by atoms with E-state index in [0.717, 1.165) is 19.4 Å². The quantitative estimate of drug-likeness (QED) is 0.808. The highest BCUT2D eigenvalue weighted by Gasteiger charge is 2.39. The van der Waals surface area contributed by atoms with E-state index in [4.69, 9.17) is 5.11 Å². The predicted molar refractivity (Wildman–Crippen MR) is 69.7 cm³/mol. The van der Waals surface area contributed by atoms with Crippen LogP contribution in [0.5, 0.6) is 0 Å². The number of carbonyl (C=O) groups excluding carboxylic acids is 1. The Morgan fingerprint density at radius 1 is 1.16 bits per heavy atom. The summed E-state index contributed by atoms with van der Waals surface area (Å²) in [7, 11) is 0. The lowest BCUT2D eigenvalue weighted by atomic mass is 9.91. The maximum absolute atomic E-state index is 12.1. The number of carboxylic acid groups (broad SMARTS) is 1. The Morgan fingerprint density at radius 2 is 2.00 bits per heavy atom. The molecule has 3 aliphatic rings. The van der Waals surface area contributed by atoms with Crippen molar-refractivity contribution in [2.75, 3.05) is 19.6 Å². The third-order valence-electron chi connectivity index (χ3n) is 5.03. The number of rotatable bonds is 2. The van der Waals surface area contributed by atoms with Crippen molar-refractivity contribution in [2.45, 2.75) is 50.6 Å². The van der Waals surface area contributed by atoms with Gasteiger partial charge in [0.25, 0.3) is 0 Å². The molecule has 5 nitrogen and oxygen atoms in total. The summed E-state index contributed by atoms with van der Waals surface area (Å²) in [5.41, 5.74) is 0. The molecule has 0 aromatic rings. The number of hydrogen-bond donors (Lipinski definition) is 1. The van der Waals surface area contributed by atoms with Crippen LogP contribution >= 0.6 is 0 Å². The van der Waals surface area contributed by atoms with Crippen molar-refractivity contribution in [3.05, 3.63) is 0 Å². The number of piperidine rings is 2. The molecule has 1 amide bonds. The molecule has 3 atom stereocenters. The van der Waals surface area contributed by atoms with Crippen LogP contribution < -0.4 is 0 Å². The van der Waals surface area contributed by atoms with Crippen molar-refractivity contribution in [2.24, 2.45) is 5.92 Å². The van der Waals surface area contributed by atoms with E-state index >= 15 is 0 Å². The van der Waals surface area contributed by atoms with Crippen molar-refractivity contribution in [1.82, 2.24) is 9.80 Å². The highest BCUT2D eigenvalue weighted by Crippen LogP contribution is 2.31. The number of hydrogen-bond acceptors (Lipinski definition) is 3. The average molecular weight is 266 g/mol. The van der Waals surface area contributed by atoms with Gasteiger partial charge in [-0.25, -0.2) is 0 Å². The summed E-state index contributed by atoms with van der Waals surface area (Å²) in [4.78, 5) is 27.6. The van der Waals surface area contributed by atoms with E-state index in [0.29, 0.717) is 25.4 Å². The van der Waals surface area contributed by atoms with E-state index in [1.54, 1.807) is 0 Å². The van der Waals surface area contributed by atoms with Gasteiger partial charge < -0.3 is 14.9 Å². The molecule has 3 aliphatic heterocycles. The standard InChI is InChI=1S/C14H22N2O3/c17-13-4-3-10(14(18)19)9-16(13)12-5-7-15-6-1-2-11(15)8-12/h10-12H,1-9H2,(H,18,19). The molecule has 3 rings (SSSR count). The van der Waals surface area contributed by atoms with Crippen LogP contribution in [0, 0.1) is 5.92 Å². The first-order valence-corrected chi connectivity index (χ1v) is 7.41. The normalized spacial score (nSPS) is 36.3. The van der Waals surface area contributed by atoms with Crippen LogP contribution in [-0.2, 0) is 9.59 Å². The lowest BCUT2D eigenvalue weighted by Gasteiger charge is -2.43. The molecule has 3 heterocycles. The first-order valence-electron chi connectivity index (χ1n) is 7.41. The fourth-order valence-electron chi connectivity index (χ4n) is 3.91. The Kier molecular flexibility index (Phi) is 3.48. The Bertz CT molecular complexity index is 385. The number of carbonyl (C=O) groups is 2. The van der Waals surface area contributed by atoms with E-state index in [1.165, 1.54) is 19.4 Å². The summed E-state index contributed by atoms with van der Waals surface area (Å²) in [6.45, 7) is 2.69. The summed E-state index contributed by atoms with van der Waals surface area (Å²) in [6.07, 6.45) is 5.46. The highest BCUT2D eigenvalue weighted by atomic mass is 16.4. The van der Waals surface area contributed by atoms with Crippen molar-refractivity contribution in [3.63, 3.8) is 0 Å². The van der Waals surface area contributed by atoms with E-state index in [-0.39, 0.29) is 17.9 Å². The molecule has 3 fully saturated rings. The predicted octanol–water partition coefficient (Wildman–Crippen LogP) is 0.936. The van der Waals surface area contributed by atoms with Gasteiger partial charge in [-0.05, 0) is 38.6 Å². The van der Waals surface area contributed by atoms with Crippen LogP contribution in [0.4, 0.5) is 0 Å². The zero-order chi connectivity index (χ0) is 13.4. The summed E-state index contributed by atoms with van der Waals surface area (Å²) in [5.74, 6) is -0.955. The van der Waals surface area contributed by atoms with Crippen molar-refractivity contribution >= 4 is 11.9 Å². The maximum atomic E-state index is 12.1. The second kappa shape index (κ2) is 5.12. The summed E-state index contributed by atoms with van der Waals surface area (Å²) < 4.78 is 0. The minimum Gasteiger partial charge on any atom is -0.481 e. The van der Waals surface area contributed by atoms with Gasteiger partial charge in [-0.3, -0.25) is 9.59 Å². The van der Waals surface area contributed by atoms with Gasteiger partial charge >= 0.3 is 5.97 Å². The molecular weight excluding hydrogens is 244 g/mol. The third-order valence-corrected chi connectivity index (χ3v) is 5.03. The zero-order valence-electron chi connectivity index (χ0n) is 11.3. The van der Waals surface area contributed by atoms with E-state index in [2.05, 4.69) is 4.90 Å². The molecule has 0 spiro atoms. The van der Waals surface area contributed by atoms with Crippen LogP contribution in [-0.4, -0.2) is 58.5 Å². The Morgan fingerprint density at radius 3 is 2.79 bits per heavy atom. The van der Waals surface area contributed by atoms with Gasteiger partial charge in [0.2, 0.25) is 5.91 Å². The van der Waals surface area contributed by atoms with Crippen LogP contribution in [0.15, 0.2) is 0 Å². The largest absolute Gasteiger partial charge is 0.481 e. The minimum atomic E-state index is -0.754. The first-order chi connectivity index (χ1) is 9.15. The fourth-order valence-corrected chi connectivity index (χ4v) is 3.91. The summed E-state index contributed by atoms with van der Waals surface area (Å²) in [6, 6.07) is 0.894. The van der Waals surface area contributed by atoms with Gasteiger partial charge in [0, 0.05) is 31.6 Å². The molecule has 0 aromatic carbocycles. The zero-order valence-corrected chi connectivity index (χ0v) is 11.3. The molecule has 0 radical (unpaired) electrons. The van der Waals surface area contributed by atoms with E-state index < -0.39 is 5.97 Å². The van der Waals surface area contributed by atoms with Gasteiger partial charge in [-0.2, -0.15) is 0 Å². The number of fused-ring (bicyclic) bond motifs is 1. The first kappa shape index (κ1) is 12.9. The summed E-state index contributed by atoms with van der Waals surface area (Å²) in [5, 5.41) is 9.14. The van der Waals surface area contributed by atoms with E-state index in [9.17, 15) is 9.59 Å². The van der Waals surface area contributed by atoms with Gasteiger partial charge in [0.1, 0.15) is 0 Å². The van der Waals surface area contributed by atoms with Crippen molar-refractivity contribution in [1.29, 1.82) is 0 Å². The molecule has 5 heteroatoms. The number of amides is 1. The molecule has 0 aromatic heterocycles. The average Bonchev–Trinajstić information content (AvgIpc) is 2.86. The number of carboxylic acids is 1. The van der Waals surface area contributed by atoms with Gasteiger partial charge in [-0.1, -0.05) is 0 Å². The van der Waals surface area contributed by atoms with Crippen molar-refractivity contribution < 1.29 is 14.7 Å².